The van der Waals surface area contributed by atoms with Crippen LogP contribution in [0.25, 0.3) is 0 Å². The van der Waals surface area contributed by atoms with E-state index in [0.717, 1.165) is 0 Å². The van der Waals surface area contributed by atoms with Gasteiger partial charge in [0.25, 0.3) is 0 Å². The van der Waals surface area contributed by atoms with Gasteiger partial charge in [0.1, 0.15) is 21.5 Å². The van der Waals surface area contributed by atoms with E-state index in [9.17, 15) is 0 Å². The summed E-state index contributed by atoms with van der Waals surface area (Å²) in [5.74, 6) is 2.17. The van der Waals surface area contributed by atoms with Gasteiger partial charge in [-0.1, -0.05) is 39.6 Å². The number of rotatable bonds is 6. The number of aryl methyl sites for hydroxylation is 2. The highest BCUT2D eigenvalue weighted by atomic mass is 35.5. The van der Waals surface area contributed by atoms with E-state index in [1.807, 2.05) is 6.07 Å². The Bertz CT molecular complexity index is 779. The first-order valence-electron chi connectivity index (χ1n) is 7.11. The molecule has 1 aromatic carbocycles. The Morgan fingerprint density at radius 3 is 1.71 bits per heavy atom. The van der Waals surface area contributed by atoms with Gasteiger partial charge in [-0.25, -0.2) is 0 Å². The normalized spacial score (nSPS) is 10.8. The molecular formula is C16H14Cl2N2O4. The summed E-state index contributed by atoms with van der Waals surface area (Å²) in [6, 6.07) is 7.16. The molecule has 126 valence electrons. The van der Waals surface area contributed by atoms with Crippen molar-refractivity contribution in [3.05, 3.63) is 57.2 Å². The standard InChI is InChI=1S/C16H14Cl2N2O4/c1-9-15(17)13(23-19-9)7-21-11-4-3-5-12(6-11)22-8-14-16(18)10(2)20-24-14/h3-6H,7-8H2,1-2H3. The molecule has 0 saturated heterocycles. The number of hydrogen-bond donors (Lipinski definition) is 0. The van der Waals surface area contributed by atoms with Crippen molar-refractivity contribution in [2.75, 3.05) is 0 Å². The topological polar surface area (TPSA) is 70.5 Å². The molecule has 0 aliphatic rings. The van der Waals surface area contributed by atoms with Crippen LogP contribution in [-0.2, 0) is 13.2 Å². The highest BCUT2D eigenvalue weighted by Crippen LogP contribution is 2.26. The molecule has 0 aliphatic carbocycles. The van der Waals surface area contributed by atoms with Gasteiger partial charge >= 0.3 is 0 Å². The average Bonchev–Trinajstić information content (AvgIpc) is 3.08. The van der Waals surface area contributed by atoms with Crippen LogP contribution < -0.4 is 9.47 Å². The van der Waals surface area contributed by atoms with Crippen molar-refractivity contribution in [3.8, 4) is 11.5 Å². The third-order valence-corrected chi connectivity index (χ3v) is 4.22. The molecule has 0 fully saturated rings. The summed E-state index contributed by atoms with van der Waals surface area (Å²) in [5.41, 5.74) is 1.26. The van der Waals surface area contributed by atoms with Crippen molar-refractivity contribution in [1.82, 2.24) is 10.3 Å². The smallest absolute Gasteiger partial charge is 0.192 e. The second-order valence-electron chi connectivity index (χ2n) is 5.06. The number of hydrogen-bond acceptors (Lipinski definition) is 6. The minimum Gasteiger partial charge on any atom is -0.485 e. The van der Waals surface area contributed by atoms with Gasteiger partial charge < -0.3 is 18.5 Å². The lowest BCUT2D eigenvalue weighted by molar-refractivity contribution is 0.238. The quantitative estimate of drug-likeness (QED) is 0.625. The highest BCUT2D eigenvalue weighted by molar-refractivity contribution is 6.32. The number of benzene rings is 1. The molecule has 0 N–H and O–H groups in total. The molecule has 0 bridgehead atoms. The fraction of sp³-hybridized carbons (Fsp3) is 0.250. The van der Waals surface area contributed by atoms with E-state index >= 15 is 0 Å². The van der Waals surface area contributed by atoms with Crippen molar-refractivity contribution in [2.45, 2.75) is 27.1 Å². The number of nitrogens with zero attached hydrogens (tertiary/aromatic N) is 2. The highest BCUT2D eigenvalue weighted by Gasteiger charge is 2.13. The maximum atomic E-state index is 6.05. The van der Waals surface area contributed by atoms with Gasteiger partial charge in [-0.15, -0.1) is 0 Å². The summed E-state index contributed by atoms with van der Waals surface area (Å²) in [6.07, 6.45) is 0. The van der Waals surface area contributed by atoms with Crippen LogP contribution in [0.15, 0.2) is 33.3 Å². The van der Waals surface area contributed by atoms with Crippen LogP contribution in [0.5, 0.6) is 11.5 Å². The zero-order valence-corrected chi connectivity index (χ0v) is 14.5. The van der Waals surface area contributed by atoms with E-state index in [2.05, 4.69) is 10.3 Å². The summed E-state index contributed by atoms with van der Waals surface area (Å²) in [6.45, 7) is 3.88. The molecule has 0 radical (unpaired) electrons. The predicted molar refractivity (Wildman–Crippen MR) is 87.6 cm³/mol. The lowest BCUT2D eigenvalue weighted by atomic mass is 10.3. The van der Waals surface area contributed by atoms with Gasteiger partial charge in [-0.2, -0.15) is 0 Å². The molecule has 0 unspecified atom stereocenters. The maximum absolute atomic E-state index is 6.05. The van der Waals surface area contributed by atoms with Crippen LogP contribution in [0.1, 0.15) is 22.9 Å². The van der Waals surface area contributed by atoms with E-state index in [1.54, 1.807) is 32.0 Å². The van der Waals surface area contributed by atoms with Gasteiger partial charge in [-0.05, 0) is 26.0 Å². The summed E-state index contributed by atoms with van der Waals surface area (Å²) in [7, 11) is 0. The summed E-state index contributed by atoms with van der Waals surface area (Å²) in [5, 5.41) is 8.50. The van der Waals surface area contributed by atoms with Gasteiger partial charge in [0.05, 0.1) is 11.4 Å². The number of aromatic nitrogens is 2. The fourth-order valence-corrected chi connectivity index (χ4v) is 2.19. The molecule has 2 aromatic heterocycles. The fourth-order valence-electron chi connectivity index (χ4n) is 1.94. The maximum Gasteiger partial charge on any atom is 0.192 e. The number of ether oxygens (including phenoxy) is 2. The van der Waals surface area contributed by atoms with Crippen molar-refractivity contribution in [3.63, 3.8) is 0 Å². The van der Waals surface area contributed by atoms with Crippen LogP contribution in [0.2, 0.25) is 10.0 Å². The first-order chi connectivity index (χ1) is 11.5. The Kier molecular flexibility index (Phi) is 4.97. The summed E-state index contributed by atoms with van der Waals surface area (Å²) < 4.78 is 21.5. The molecule has 3 aromatic rings. The Morgan fingerprint density at radius 1 is 0.875 bits per heavy atom. The molecule has 2 heterocycles. The van der Waals surface area contributed by atoms with Crippen molar-refractivity contribution in [1.29, 1.82) is 0 Å². The minimum absolute atomic E-state index is 0.177. The van der Waals surface area contributed by atoms with E-state index in [0.29, 0.717) is 44.5 Å². The second kappa shape index (κ2) is 7.15. The average molecular weight is 369 g/mol. The Labute approximate surface area is 148 Å². The van der Waals surface area contributed by atoms with Crippen molar-refractivity contribution >= 4 is 23.2 Å². The molecule has 0 aliphatic heterocycles. The lowest BCUT2D eigenvalue weighted by Crippen LogP contribution is -1.97. The molecule has 3 rings (SSSR count). The second-order valence-corrected chi connectivity index (χ2v) is 5.82. The van der Waals surface area contributed by atoms with Gasteiger partial charge in [-0.3, -0.25) is 0 Å². The molecule has 0 atom stereocenters. The third-order valence-electron chi connectivity index (χ3n) is 3.26. The Hall–Kier alpha value is -2.18. The van der Waals surface area contributed by atoms with Gasteiger partial charge in [0.15, 0.2) is 24.7 Å². The van der Waals surface area contributed by atoms with E-state index in [4.69, 9.17) is 41.7 Å². The monoisotopic (exact) mass is 368 g/mol. The zero-order chi connectivity index (χ0) is 17.1. The van der Waals surface area contributed by atoms with Crippen molar-refractivity contribution in [2.24, 2.45) is 0 Å². The first kappa shape index (κ1) is 16.7. The van der Waals surface area contributed by atoms with Crippen LogP contribution in [0.3, 0.4) is 0 Å². The molecule has 24 heavy (non-hydrogen) atoms. The molecule has 6 nitrogen and oxygen atoms in total. The van der Waals surface area contributed by atoms with Gasteiger partial charge in [0.2, 0.25) is 0 Å². The predicted octanol–water partition coefficient (Wildman–Crippen LogP) is 4.74. The van der Waals surface area contributed by atoms with E-state index < -0.39 is 0 Å². The molecule has 0 spiro atoms. The zero-order valence-electron chi connectivity index (χ0n) is 13.0. The van der Waals surface area contributed by atoms with Crippen LogP contribution in [0.4, 0.5) is 0 Å². The van der Waals surface area contributed by atoms with Crippen LogP contribution in [0, 0.1) is 13.8 Å². The molecule has 8 heteroatoms. The Balaban J connectivity index is 1.61. The van der Waals surface area contributed by atoms with E-state index in [-0.39, 0.29) is 13.2 Å². The third kappa shape index (κ3) is 3.66. The van der Waals surface area contributed by atoms with E-state index in [1.165, 1.54) is 0 Å². The largest absolute Gasteiger partial charge is 0.485 e. The van der Waals surface area contributed by atoms with Crippen LogP contribution >= 0.6 is 23.2 Å². The molecule has 0 amide bonds. The molecular weight excluding hydrogens is 355 g/mol. The summed E-state index contributed by atoms with van der Waals surface area (Å²) >= 11 is 12.1. The minimum atomic E-state index is 0.177. The van der Waals surface area contributed by atoms with Gasteiger partial charge in [0, 0.05) is 6.07 Å². The number of halogens is 2. The van der Waals surface area contributed by atoms with Crippen molar-refractivity contribution < 1.29 is 18.5 Å². The first-order valence-corrected chi connectivity index (χ1v) is 7.87. The molecule has 0 saturated carbocycles. The van der Waals surface area contributed by atoms with Crippen LogP contribution in [-0.4, -0.2) is 10.3 Å². The summed E-state index contributed by atoms with van der Waals surface area (Å²) in [4.78, 5) is 0. The Morgan fingerprint density at radius 2 is 1.33 bits per heavy atom. The lowest BCUT2D eigenvalue weighted by Gasteiger charge is -2.08. The SMILES string of the molecule is Cc1noc(COc2cccc(OCc3onc(C)c3Cl)c2)c1Cl.